The maximum Gasteiger partial charge on any atom is 0.353 e. The average Bonchev–Trinajstić information content (AvgIpc) is 3.56. The summed E-state index contributed by atoms with van der Waals surface area (Å²) in [6.45, 7) is 2.84. The molecule has 4 rings (SSSR count). The molecule has 0 spiro atoms. The number of esters is 1. The second-order valence-electron chi connectivity index (χ2n) is 7.60. The summed E-state index contributed by atoms with van der Waals surface area (Å²) in [6.07, 6.45) is 3.76. The van der Waals surface area contributed by atoms with E-state index in [0.717, 1.165) is 34.5 Å². The van der Waals surface area contributed by atoms with Gasteiger partial charge in [-0.1, -0.05) is 48.7 Å². The minimum absolute atomic E-state index is 0.336. The second kappa shape index (κ2) is 12.4. The van der Waals surface area contributed by atoms with Gasteiger partial charge in [0, 0.05) is 17.5 Å². The highest BCUT2D eigenvalue weighted by Crippen LogP contribution is 2.30. The van der Waals surface area contributed by atoms with Crippen molar-refractivity contribution in [3.05, 3.63) is 84.6 Å². The van der Waals surface area contributed by atoms with Gasteiger partial charge in [0.1, 0.15) is 4.88 Å². The fourth-order valence-corrected chi connectivity index (χ4v) is 4.98. The summed E-state index contributed by atoms with van der Waals surface area (Å²) in [5.74, 6) is 0.336. The number of thiophene rings is 1. The number of hydrogen-bond acceptors (Lipinski definition) is 7. The van der Waals surface area contributed by atoms with Crippen LogP contribution < -0.4 is 14.3 Å². The van der Waals surface area contributed by atoms with E-state index in [2.05, 4.69) is 6.92 Å². The van der Waals surface area contributed by atoms with E-state index >= 15 is 0 Å². The Balaban J connectivity index is 1.66. The van der Waals surface area contributed by atoms with Crippen LogP contribution in [-0.2, 0) is 0 Å². The fraction of sp³-hybridized carbons (Fsp3) is 0.192. The molecule has 2 heterocycles. The van der Waals surface area contributed by atoms with Crippen molar-refractivity contribution >= 4 is 58.1 Å². The van der Waals surface area contributed by atoms with Gasteiger partial charge in [0.2, 0.25) is 4.80 Å². The molecule has 4 aromatic rings. The first-order valence-electron chi connectivity index (χ1n) is 11.1. The number of carbonyl (C=O) groups excluding carboxylic acids is 1. The van der Waals surface area contributed by atoms with Crippen molar-refractivity contribution in [2.75, 3.05) is 13.7 Å². The van der Waals surface area contributed by atoms with E-state index in [4.69, 9.17) is 42.8 Å². The lowest BCUT2D eigenvalue weighted by Gasteiger charge is -2.09. The van der Waals surface area contributed by atoms with Gasteiger partial charge in [0.05, 0.1) is 29.1 Å². The Labute approximate surface area is 227 Å². The Morgan fingerprint density at radius 2 is 1.94 bits per heavy atom. The van der Waals surface area contributed by atoms with E-state index in [9.17, 15) is 4.79 Å². The highest BCUT2D eigenvalue weighted by molar-refractivity contribution is 7.12. The van der Waals surface area contributed by atoms with Crippen LogP contribution in [-0.4, -0.2) is 30.5 Å². The van der Waals surface area contributed by atoms with E-state index in [-0.39, 0.29) is 0 Å². The Morgan fingerprint density at radius 3 is 2.67 bits per heavy atom. The quantitative estimate of drug-likeness (QED) is 0.0928. The summed E-state index contributed by atoms with van der Waals surface area (Å²) in [7, 11) is 1.53. The predicted molar refractivity (Wildman–Crippen MR) is 148 cm³/mol. The minimum atomic E-state index is -0.428. The lowest BCUT2D eigenvalue weighted by molar-refractivity contribution is 0.0735. The molecule has 0 unspecified atom stereocenters. The first-order valence-corrected chi connectivity index (χ1v) is 13.7. The molecule has 10 heteroatoms. The number of nitrogens with zero attached hydrogens (tertiary/aromatic N) is 3. The van der Waals surface area contributed by atoms with Crippen molar-refractivity contribution in [1.29, 1.82) is 0 Å². The Bertz CT molecular complexity index is 1440. The minimum Gasteiger partial charge on any atom is -0.493 e. The number of unbranched alkanes of at least 4 members (excludes halogenated alkanes) is 1. The maximum absolute atomic E-state index is 12.3. The fourth-order valence-electron chi connectivity index (χ4n) is 3.22. The molecule has 6 nitrogen and oxygen atoms in total. The smallest absolute Gasteiger partial charge is 0.353 e. The first kappa shape index (κ1) is 26.2. The molecule has 36 heavy (non-hydrogen) atoms. The monoisotopic (exact) mass is 559 g/mol. The molecule has 0 N–H and O–H groups in total. The first-order chi connectivity index (χ1) is 17.5. The van der Waals surface area contributed by atoms with E-state index in [1.165, 1.54) is 29.8 Å². The van der Waals surface area contributed by atoms with Crippen molar-refractivity contribution < 1.29 is 14.3 Å². The van der Waals surface area contributed by atoms with Gasteiger partial charge in [-0.15, -0.1) is 22.7 Å². The summed E-state index contributed by atoms with van der Waals surface area (Å²) >= 11 is 15.2. The van der Waals surface area contributed by atoms with Crippen molar-refractivity contribution in [3.63, 3.8) is 0 Å². The molecule has 0 aliphatic rings. The van der Waals surface area contributed by atoms with Gasteiger partial charge in [-0.3, -0.25) is 4.99 Å². The molecule has 0 saturated heterocycles. The van der Waals surface area contributed by atoms with Gasteiger partial charge in [-0.05, 0) is 53.8 Å². The highest BCUT2D eigenvalue weighted by atomic mass is 35.5. The van der Waals surface area contributed by atoms with E-state index in [1.54, 1.807) is 41.2 Å². The molecule has 0 aliphatic carbocycles. The second-order valence-corrected chi connectivity index (χ2v) is 10.2. The van der Waals surface area contributed by atoms with Gasteiger partial charge in [-0.2, -0.15) is 5.10 Å². The number of ether oxygens (including phenoxy) is 2. The number of rotatable bonds is 9. The molecule has 2 aromatic carbocycles. The summed E-state index contributed by atoms with van der Waals surface area (Å²) in [4.78, 5) is 18.4. The zero-order valence-corrected chi connectivity index (χ0v) is 22.8. The van der Waals surface area contributed by atoms with Crippen LogP contribution in [0.25, 0.3) is 11.3 Å². The van der Waals surface area contributed by atoms with Crippen LogP contribution in [0.2, 0.25) is 10.0 Å². The van der Waals surface area contributed by atoms with Crippen LogP contribution in [0.4, 0.5) is 0 Å². The number of thiazole rings is 1. The lowest BCUT2D eigenvalue weighted by atomic mass is 10.2. The number of benzene rings is 2. The molecule has 186 valence electrons. The number of methoxy groups -OCH3 is 1. The zero-order chi connectivity index (χ0) is 25.5. The van der Waals surface area contributed by atoms with Gasteiger partial charge >= 0.3 is 5.97 Å². The predicted octanol–water partition coefficient (Wildman–Crippen LogP) is 7.40. The topological polar surface area (TPSA) is 65.2 Å². The SMILES string of the molecule is CCCCN=c1scc(-c2ccc(Cl)c(Cl)c2)n1/N=C\c1ccc(OC(=O)c2cccs2)c(OC)c1. The molecule has 0 bridgehead atoms. The maximum atomic E-state index is 12.3. The standard InChI is InChI=1S/C26H23Cl2N3O3S2/c1-3-4-11-29-26-31(21(16-36-26)18-8-9-19(27)20(28)14-18)30-15-17-7-10-22(23(13-17)33-2)34-25(32)24-6-5-12-35-24/h5-10,12-16H,3-4,11H2,1-2H3/b29-26?,30-15-. The third kappa shape index (κ3) is 6.25. The third-order valence-electron chi connectivity index (χ3n) is 5.09. The normalized spacial score (nSPS) is 11.8. The third-order valence-corrected chi connectivity index (χ3v) is 7.54. The van der Waals surface area contributed by atoms with Crippen LogP contribution >= 0.6 is 45.9 Å². The Kier molecular flexibility index (Phi) is 8.98. The van der Waals surface area contributed by atoms with Crippen molar-refractivity contribution in [2.24, 2.45) is 10.1 Å². The highest BCUT2D eigenvalue weighted by Gasteiger charge is 2.14. The van der Waals surface area contributed by atoms with Crippen molar-refractivity contribution in [2.45, 2.75) is 19.8 Å². The largest absolute Gasteiger partial charge is 0.493 e. The van der Waals surface area contributed by atoms with Crippen LogP contribution in [0.1, 0.15) is 35.0 Å². The van der Waals surface area contributed by atoms with Crippen molar-refractivity contribution in [3.8, 4) is 22.8 Å². The molecule has 0 fully saturated rings. The number of aromatic nitrogens is 1. The Morgan fingerprint density at radius 1 is 1.08 bits per heavy atom. The average molecular weight is 561 g/mol. The molecule has 0 radical (unpaired) electrons. The number of carbonyl (C=O) groups is 1. The number of halogens is 2. The summed E-state index contributed by atoms with van der Waals surface area (Å²) < 4.78 is 12.8. The van der Waals surface area contributed by atoms with Gasteiger partial charge < -0.3 is 9.47 Å². The van der Waals surface area contributed by atoms with Crippen molar-refractivity contribution in [1.82, 2.24) is 4.68 Å². The molecule has 0 saturated carbocycles. The summed E-state index contributed by atoms with van der Waals surface area (Å²) in [5.41, 5.74) is 2.49. The molecule has 2 aromatic heterocycles. The molecule has 0 amide bonds. The van der Waals surface area contributed by atoms with E-state index in [0.29, 0.717) is 33.0 Å². The van der Waals surface area contributed by atoms with Crippen LogP contribution in [0.5, 0.6) is 11.5 Å². The van der Waals surface area contributed by atoms with Crippen LogP contribution in [0.3, 0.4) is 0 Å². The molecule has 0 aliphatic heterocycles. The molecular formula is C26H23Cl2N3O3S2. The zero-order valence-electron chi connectivity index (χ0n) is 19.6. The van der Waals surface area contributed by atoms with Crippen LogP contribution in [0.15, 0.2) is 69.4 Å². The van der Waals surface area contributed by atoms with Gasteiger partial charge in [0.15, 0.2) is 11.5 Å². The summed E-state index contributed by atoms with van der Waals surface area (Å²) in [5, 5.41) is 9.50. The number of hydrogen-bond donors (Lipinski definition) is 0. The van der Waals surface area contributed by atoms with Crippen LogP contribution in [0, 0.1) is 0 Å². The van der Waals surface area contributed by atoms with E-state index < -0.39 is 5.97 Å². The van der Waals surface area contributed by atoms with E-state index in [1.807, 2.05) is 29.0 Å². The van der Waals surface area contributed by atoms with Gasteiger partial charge in [-0.25, -0.2) is 9.47 Å². The summed E-state index contributed by atoms with van der Waals surface area (Å²) in [6, 6.07) is 14.3. The lowest BCUT2D eigenvalue weighted by Crippen LogP contribution is -2.13. The molecule has 0 atom stereocenters. The Hall–Kier alpha value is -2.91. The van der Waals surface area contributed by atoms with Gasteiger partial charge in [0.25, 0.3) is 0 Å². The molecular weight excluding hydrogens is 537 g/mol.